The standard InChI is InChI=1S/C22H23N3O2/c1-24(22(26)20-13-8-14-27-20)15-18-16-25(19-11-6-3-7-12-19)23-21(18)17-9-4-2-5-10-17/h2-7,9-12,16,20H,8,13-15H2,1H3/t20-/m0/s1. The number of para-hydroxylation sites is 1. The number of hydrogen-bond acceptors (Lipinski definition) is 3. The maximum atomic E-state index is 12.6. The van der Waals surface area contributed by atoms with Crippen LogP contribution in [0.25, 0.3) is 16.9 Å². The predicted molar refractivity (Wildman–Crippen MR) is 104 cm³/mol. The number of carbonyl (C=O) groups is 1. The molecule has 5 heteroatoms. The molecule has 1 aliphatic rings. The lowest BCUT2D eigenvalue weighted by atomic mass is 10.1. The predicted octanol–water partition coefficient (Wildman–Crippen LogP) is 3.68. The van der Waals surface area contributed by atoms with E-state index in [9.17, 15) is 4.79 Å². The summed E-state index contributed by atoms with van der Waals surface area (Å²) in [5, 5.41) is 4.81. The molecule has 0 spiro atoms. The van der Waals surface area contributed by atoms with Crippen molar-refractivity contribution in [3.63, 3.8) is 0 Å². The molecule has 1 fully saturated rings. The molecule has 1 saturated heterocycles. The second-order valence-corrected chi connectivity index (χ2v) is 6.85. The fraction of sp³-hybridized carbons (Fsp3) is 0.273. The Morgan fingerprint density at radius 3 is 2.52 bits per heavy atom. The minimum absolute atomic E-state index is 0.0407. The van der Waals surface area contributed by atoms with Gasteiger partial charge in [-0.15, -0.1) is 0 Å². The van der Waals surface area contributed by atoms with Crippen molar-refractivity contribution in [3.05, 3.63) is 72.4 Å². The van der Waals surface area contributed by atoms with Crippen LogP contribution in [-0.4, -0.2) is 40.3 Å². The minimum Gasteiger partial charge on any atom is -0.368 e. The molecule has 4 rings (SSSR count). The zero-order chi connectivity index (χ0) is 18.6. The molecule has 3 aromatic rings. The van der Waals surface area contributed by atoms with Gasteiger partial charge in [-0.1, -0.05) is 48.5 Å². The third-order valence-corrected chi connectivity index (χ3v) is 4.85. The quantitative estimate of drug-likeness (QED) is 0.696. The van der Waals surface area contributed by atoms with Crippen LogP contribution in [0.4, 0.5) is 0 Å². The van der Waals surface area contributed by atoms with Gasteiger partial charge in [0.1, 0.15) is 6.10 Å². The zero-order valence-corrected chi connectivity index (χ0v) is 15.4. The van der Waals surface area contributed by atoms with E-state index in [2.05, 4.69) is 0 Å². The van der Waals surface area contributed by atoms with Crippen LogP contribution in [-0.2, 0) is 16.1 Å². The van der Waals surface area contributed by atoms with Crippen LogP contribution in [0.5, 0.6) is 0 Å². The lowest BCUT2D eigenvalue weighted by molar-refractivity contribution is -0.140. The lowest BCUT2D eigenvalue weighted by Gasteiger charge is -2.20. The van der Waals surface area contributed by atoms with Crippen molar-refractivity contribution in [2.45, 2.75) is 25.5 Å². The van der Waals surface area contributed by atoms with Gasteiger partial charge in [0, 0.05) is 37.5 Å². The number of nitrogens with zero attached hydrogens (tertiary/aromatic N) is 3. The Morgan fingerprint density at radius 1 is 1.15 bits per heavy atom. The highest BCUT2D eigenvalue weighted by atomic mass is 16.5. The number of amides is 1. The fourth-order valence-electron chi connectivity index (χ4n) is 3.43. The molecule has 138 valence electrons. The first-order chi connectivity index (χ1) is 13.2. The third kappa shape index (κ3) is 3.78. The molecule has 27 heavy (non-hydrogen) atoms. The Hall–Kier alpha value is -2.92. The van der Waals surface area contributed by atoms with Gasteiger partial charge in [-0.3, -0.25) is 4.79 Å². The van der Waals surface area contributed by atoms with E-state index in [0.29, 0.717) is 13.2 Å². The Balaban J connectivity index is 1.65. The second kappa shape index (κ2) is 7.76. The largest absolute Gasteiger partial charge is 0.368 e. The number of rotatable bonds is 5. The first-order valence-corrected chi connectivity index (χ1v) is 9.28. The van der Waals surface area contributed by atoms with Gasteiger partial charge in [-0.2, -0.15) is 5.10 Å². The second-order valence-electron chi connectivity index (χ2n) is 6.85. The van der Waals surface area contributed by atoms with Gasteiger partial charge in [-0.05, 0) is 25.0 Å². The molecule has 1 atom stereocenters. The summed E-state index contributed by atoms with van der Waals surface area (Å²) in [6.45, 7) is 1.17. The highest BCUT2D eigenvalue weighted by molar-refractivity contribution is 5.81. The van der Waals surface area contributed by atoms with E-state index < -0.39 is 0 Å². The van der Waals surface area contributed by atoms with Gasteiger partial charge in [0.2, 0.25) is 0 Å². The number of aromatic nitrogens is 2. The van der Waals surface area contributed by atoms with Gasteiger partial charge in [0.05, 0.1) is 11.4 Å². The van der Waals surface area contributed by atoms with E-state index >= 15 is 0 Å². The fourth-order valence-corrected chi connectivity index (χ4v) is 3.43. The molecular weight excluding hydrogens is 338 g/mol. The summed E-state index contributed by atoms with van der Waals surface area (Å²) in [6, 6.07) is 20.1. The van der Waals surface area contributed by atoms with E-state index in [1.807, 2.05) is 78.6 Å². The molecule has 0 saturated carbocycles. The van der Waals surface area contributed by atoms with Gasteiger partial charge >= 0.3 is 0 Å². The van der Waals surface area contributed by atoms with Crippen molar-refractivity contribution in [1.82, 2.24) is 14.7 Å². The van der Waals surface area contributed by atoms with Crippen LogP contribution >= 0.6 is 0 Å². The summed E-state index contributed by atoms with van der Waals surface area (Å²) in [7, 11) is 1.83. The molecular formula is C22H23N3O2. The Morgan fingerprint density at radius 2 is 1.85 bits per heavy atom. The van der Waals surface area contributed by atoms with Crippen LogP contribution in [0.15, 0.2) is 66.9 Å². The van der Waals surface area contributed by atoms with Crippen LogP contribution in [0.2, 0.25) is 0 Å². The van der Waals surface area contributed by atoms with E-state index in [-0.39, 0.29) is 12.0 Å². The van der Waals surface area contributed by atoms with Gasteiger partial charge in [0.15, 0.2) is 0 Å². The maximum Gasteiger partial charge on any atom is 0.251 e. The molecule has 0 radical (unpaired) electrons. The first-order valence-electron chi connectivity index (χ1n) is 9.28. The maximum absolute atomic E-state index is 12.6. The SMILES string of the molecule is CN(Cc1cn(-c2ccccc2)nc1-c1ccccc1)C(=O)[C@@H]1CCCO1. The molecule has 0 unspecified atom stereocenters. The lowest BCUT2D eigenvalue weighted by Crippen LogP contribution is -2.35. The first kappa shape index (κ1) is 17.5. The van der Waals surface area contributed by atoms with Crippen molar-refractivity contribution in [1.29, 1.82) is 0 Å². The zero-order valence-electron chi connectivity index (χ0n) is 15.4. The number of carbonyl (C=O) groups excluding carboxylic acids is 1. The number of benzene rings is 2. The summed E-state index contributed by atoms with van der Waals surface area (Å²) < 4.78 is 7.43. The minimum atomic E-state index is -0.306. The van der Waals surface area contributed by atoms with E-state index in [0.717, 1.165) is 35.3 Å². The van der Waals surface area contributed by atoms with Crippen molar-refractivity contribution < 1.29 is 9.53 Å². The summed E-state index contributed by atoms with van der Waals surface area (Å²) in [5.74, 6) is 0.0407. The van der Waals surface area contributed by atoms with Crippen molar-refractivity contribution >= 4 is 5.91 Å². The number of likely N-dealkylation sites (N-methyl/N-ethyl adjacent to an activating group) is 1. The van der Waals surface area contributed by atoms with Crippen LogP contribution < -0.4 is 0 Å². The van der Waals surface area contributed by atoms with E-state index in [4.69, 9.17) is 9.84 Å². The van der Waals surface area contributed by atoms with Crippen molar-refractivity contribution in [3.8, 4) is 16.9 Å². The average molecular weight is 361 g/mol. The molecule has 1 aliphatic heterocycles. The summed E-state index contributed by atoms with van der Waals surface area (Å²) in [6.07, 6.45) is 3.46. The molecule has 2 heterocycles. The summed E-state index contributed by atoms with van der Waals surface area (Å²) >= 11 is 0. The van der Waals surface area contributed by atoms with Crippen LogP contribution in [0, 0.1) is 0 Å². The number of hydrogen-bond donors (Lipinski definition) is 0. The van der Waals surface area contributed by atoms with Crippen LogP contribution in [0.3, 0.4) is 0 Å². The molecule has 0 aliphatic carbocycles. The molecule has 5 nitrogen and oxygen atoms in total. The van der Waals surface area contributed by atoms with Gasteiger partial charge in [0.25, 0.3) is 5.91 Å². The van der Waals surface area contributed by atoms with Crippen molar-refractivity contribution in [2.24, 2.45) is 0 Å². The smallest absolute Gasteiger partial charge is 0.251 e. The highest BCUT2D eigenvalue weighted by Crippen LogP contribution is 2.25. The Labute approximate surface area is 159 Å². The van der Waals surface area contributed by atoms with E-state index in [1.54, 1.807) is 4.90 Å². The Bertz CT molecular complexity index is 900. The third-order valence-electron chi connectivity index (χ3n) is 4.85. The molecule has 2 aromatic carbocycles. The van der Waals surface area contributed by atoms with Gasteiger partial charge in [-0.25, -0.2) is 4.68 Å². The van der Waals surface area contributed by atoms with Gasteiger partial charge < -0.3 is 9.64 Å². The molecule has 0 bridgehead atoms. The molecule has 0 N–H and O–H groups in total. The molecule has 1 amide bonds. The average Bonchev–Trinajstić information content (AvgIpc) is 3.39. The highest BCUT2D eigenvalue weighted by Gasteiger charge is 2.27. The monoisotopic (exact) mass is 361 g/mol. The summed E-state index contributed by atoms with van der Waals surface area (Å²) in [4.78, 5) is 14.4. The summed E-state index contributed by atoms with van der Waals surface area (Å²) in [5.41, 5.74) is 3.94. The van der Waals surface area contributed by atoms with Crippen molar-refractivity contribution in [2.75, 3.05) is 13.7 Å². The Kier molecular flexibility index (Phi) is 5.03. The normalized spacial score (nSPS) is 16.4. The topological polar surface area (TPSA) is 47.4 Å². The number of ether oxygens (including phenoxy) is 1. The van der Waals surface area contributed by atoms with E-state index in [1.165, 1.54) is 0 Å². The molecule has 1 aromatic heterocycles. The van der Waals surface area contributed by atoms with Crippen LogP contribution in [0.1, 0.15) is 18.4 Å².